The van der Waals surface area contributed by atoms with Gasteiger partial charge in [0.1, 0.15) is 11.5 Å². The fraction of sp³-hybridized carbons (Fsp3) is 0.167. The summed E-state index contributed by atoms with van der Waals surface area (Å²) < 4.78 is 12.5. The number of anilines is 1. The van der Waals surface area contributed by atoms with Crippen molar-refractivity contribution in [2.45, 2.75) is 13.0 Å². The molecule has 2 aromatic heterocycles. The highest BCUT2D eigenvalue weighted by atomic mass is 16.5. The first kappa shape index (κ1) is 16.5. The van der Waals surface area contributed by atoms with Crippen LogP contribution in [0.25, 0.3) is 0 Å². The number of aromatic nitrogens is 3. The third kappa shape index (κ3) is 4.81. The molecule has 0 fully saturated rings. The standard InChI is InChI=1S/C18H18N4O3/c1-24-15-4-2-5-16(12-15)25-18-7-6-14(13-19-18)21-17(23)8-11-22-10-3-9-20-22/h2-7,9-10,12-13H,8,11H2,1H3,(H,21,23). The Bertz CT molecular complexity index is 817. The fourth-order valence-electron chi connectivity index (χ4n) is 2.17. The van der Waals surface area contributed by atoms with Gasteiger partial charge in [-0.1, -0.05) is 6.07 Å². The summed E-state index contributed by atoms with van der Waals surface area (Å²) in [5, 5.41) is 6.85. The summed E-state index contributed by atoms with van der Waals surface area (Å²) >= 11 is 0. The van der Waals surface area contributed by atoms with Crippen molar-refractivity contribution in [3.63, 3.8) is 0 Å². The van der Waals surface area contributed by atoms with Gasteiger partial charge in [0.25, 0.3) is 0 Å². The van der Waals surface area contributed by atoms with Gasteiger partial charge in [-0.25, -0.2) is 4.98 Å². The molecule has 0 saturated heterocycles. The third-order valence-electron chi connectivity index (χ3n) is 3.41. The second-order valence-corrected chi connectivity index (χ2v) is 5.23. The van der Waals surface area contributed by atoms with Crippen LogP contribution in [0, 0.1) is 0 Å². The first-order valence-corrected chi connectivity index (χ1v) is 7.78. The normalized spacial score (nSPS) is 10.3. The molecule has 0 bridgehead atoms. The molecule has 1 aromatic carbocycles. The summed E-state index contributed by atoms with van der Waals surface area (Å²) in [7, 11) is 1.60. The van der Waals surface area contributed by atoms with Crippen molar-refractivity contribution < 1.29 is 14.3 Å². The number of methoxy groups -OCH3 is 1. The molecule has 3 rings (SSSR count). The van der Waals surface area contributed by atoms with Crippen LogP contribution in [0.1, 0.15) is 6.42 Å². The predicted octanol–water partition coefficient (Wildman–Crippen LogP) is 3.11. The van der Waals surface area contributed by atoms with E-state index in [1.165, 1.54) is 0 Å². The number of hydrogen-bond acceptors (Lipinski definition) is 5. The Labute approximate surface area is 145 Å². The van der Waals surface area contributed by atoms with E-state index in [2.05, 4.69) is 15.4 Å². The number of nitrogens with zero attached hydrogens (tertiary/aromatic N) is 3. The number of benzene rings is 1. The maximum Gasteiger partial charge on any atom is 0.226 e. The molecule has 7 heteroatoms. The maximum atomic E-state index is 11.9. The number of aryl methyl sites for hydroxylation is 1. The van der Waals surface area contributed by atoms with Gasteiger partial charge in [-0.15, -0.1) is 0 Å². The van der Waals surface area contributed by atoms with Gasteiger partial charge < -0.3 is 14.8 Å². The molecular weight excluding hydrogens is 320 g/mol. The van der Waals surface area contributed by atoms with Crippen LogP contribution in [0.4, 0.5) is 5.69 Å². The lowest BCUT2D eigenvalue weighted by Crippen LogP contribution is -2.14. The molecule has 0 spiro atoms. The number of hydrogen-bond donors (Lipinski definition) is 1. The minimum atomic E-state index is -0.0984. The average molecular weight is 338 g/mol. The largest absolute Gasteiger partial charge is 0.497 e. The SMILES string of the molecule is COc1cccc(Oc2ccc(NC(=O)CCn3cccn3)cn2)c1. The zero-order valence-electron chi connectivity index (χ0n) is 13.8. The molecule has 0 unspecified atom stereocenters. The Morgan fingerprint density at radius 3 is 2.80 bits per heavy atom. The van der Waals surface area contributed by atoms with E-state index in [-0.39, 0.29) is 5.91 Å². The Morgan fingerprint density at radius 1 is 1.20 bits per heavy atom. The van der Waals surface area contributed by atoms with Crippen LogP contribution in [-0.4, -0.2) is 27.8 Å². The van der Waals surface area contributed by atoms with Crippen molar-refractivity contribution in [3.05, 3.63) is 61.1 Å². The molecular formula is C18H18N4O3. The van der Waals surface area contributed by atoms with E-state index in [0.29, 0.717) is 36.0 Å². The Morgan fingerprint density at radius 2 is 2.08 bits per heavy atom. The molecule has 25 heavy (non-hydrogen) atoms. The lowest BCUT2D eigenvalue weighted by molar-refractivity contribution is -0.116. The predicted molar refractivity (Wildman–Crippen MR) is 92.8 cm³/mol. The smallest absolute Gasteiger partial charge is 0.226 e. The van der Waals surface area contributed by atoms with E-state index < -0.39 is 0 Å². The van der Waals surface area contributed by atoms with Gasteiger partial charge in [-0.3, -0.25) is 9.48 Å². The number of ether oxygens (including phenoxy) is 2. The first-order chi connectivity index (χ1) is 12.2. The van der Waals surface area contributed by atoms with E-state index in [1.54, 1.807) is 42.4 Å². The zero-order chi connectivity index (χ0) is 17.5. The van der Waals surface area contributed by atoms with Crippen LogP contribution < -0.4 is 14.8 Å². The van der Waals surface area contributed by atoms with E-state index in [4.69, 9.17) is 9.47 Å². The molecule has 2 heterocycles. The molecule has 0 aliphatic carbocycles. The summed E-state index contributed by atoms with van der Waals surface area (Å²) in [5.41, 5.74) is 0.614. The highest BCUT2D eigenvalue weighted by molar-refractivity contribution is 5.90. The van der Waals surface area contributed by atoms with Gasteiger partial charge >= 0.3 is 0 Å². The van der Waals surface area contributed by atoms with Crippen molar-refractivity contribution in [1.82, 2.24) is 14.8 Å². The van der Waals surface area contributed by atoms with Crippen LogP contribution in [-0.2, 0) is 11.3 Å². The van der Waals surface area contributed by atoms with Crippen LogP contribution in [0.5, 0.6) is 17.4 Å². The summed E-state index contributed by atoms with van der Waals surface area (Å²) in [6.45, 7) is 0.531. The molecule has 0 atom stereocenters. The van der Waals surface area contributed by atoms with Crippen molar-refractivity contribution >= 4 is 11.6 Å². The van der Waals surface area contributed by atoms with Gasteiger partial charge in [0.15, 0.2) is 0 Å². The van der Waals surface area contributed by atoms with Crippen LogP contribution in [0.2, 0.25) is 0 Å². The topological polar surface area (TPSA) is 78.3 Å². The Hall–Kier alpha value is -3.35. The number of pyridine rings is 1. The second-order valence-electron chi connectivity index (χ2n) is 5.23. The van der Waals surface area contributed by atoms with Gasteiger partial charge in [-0.2, -0.15) is 5.10 Å². The molecule has 3 aromatic rings. The van der Waals surface area contributed by atoms with E-state index in [1.807, 2.05) is 30.5 Å². The quantitative estimate of drug-likeness (QED) is 0.716. The van der Waals surface area contributed by atoms with Crippen molar-refractivity contribution in [2.24, 2.45) is 0 Å². The molecule has 0 radical (unpaired) electrons. The molecule has 128 valence electrons. The van der Waals surface area contributed by atoms with Gasteiger partial charge in [0.2, 0.25) is 11.8 Å². The Kier molecular flexibility index (Phi) is 5.26. The van der Waals surface area contributed by atoms with Crippen LogP contribution >= 0.6 is 0 Å². The molecule has 1 amide bonds. The number of rotatable bonds is 7. The van der Waals surface area contributed by atoms with Crippen molar-refractivity contribution in [2.75, 3.05) is 12.4 Å². The highest BCUT2D eigenvalue weighted by Crippen LogP contribution is 2.24. The lowest BCUT2D eigenvalue weighted by atomic mass is 10.3. The van der Waals surface area contributed by atoms with E-state index in [0.717, 1.165) is 0 Å². The number of carbonyl (C=O) groups is 1. The second kappa shape index (κ2) is 7.96. The van der Waals surface area contributed by atoms with Crippen LogP contribution in [0.3, 0.4) is 0 Å². The summed E-state index contributed by atoms with van der Waals surface area (Å²) in [6.07, 6.45) is 5.40. The lowest BCUT2D eigenvalue weighted by Gasteiger charge is -2.08. The fourth-order valence-corrected chi connectivity index (χ4v) is 2.17. The van der Waals surface area contributed by atoms with Gasteiger partial charge in [0.05, 0.1) is 19.0 Å². The summed E-state index contributed by atoms with van der Waals surface area (Å²) in [6, 6.07) is 12.5. The highest BCUT2D eigenvalue weighted by Gasteiger charge is 2.05. The average Bonchev–Trinajstić information content (AvgIpc) is 3.15. The first-order valence-electron chi connectivity index (χ1n) is 7.78. The third-order valence-corrected chi connectivity index (χ3v) is 3.41. The summed E-state index contributed by atoms with van der Waals surface area (Å²) in [5.74, 6) is 1.67. The molecule has 7 nitrogen and oxygen atoms in total. The summed E-state index contributed by atoms with van der Waals surface area (Å²) in [4.78, 5) is 16.1. The monoisotopic (exact) mass is 338 g/mol. The van der Waals surface area contributed by atoms with E-state index in [9.17, 15) is 4.79 Å². The van der Waals surface area contributed by atoms with Crippen LogP contribution in [0.15, 0.2) is 61.1 Å². The zero-order valence-corrected chi connectivity index (χ0v) is 13.8. The minimum absolute atomic E-state index is 0.0984. The minimum Gasteiger partial charge on any atom is -0.497 e. The molecule has 0 aliphatic rings. The molecule has 0 aliphatic heterocycles. The Balaban J connectivity index is 1.53. The number of carbonyl (C=O) groups excluding carboxylic acids is 1. The van der Waals surface area contributed by atoms with Crippen molar-refractivity contribution in [1.29, 1.82) is 0 Å². The van der Waals surface area contributed by atoms with E-state index >= 15 is 0 Å². The number of amides is 1. The van der Waals surface area contributed by atoms with Gasteiger partial charge in [0, 0.05) is 37.5 Å². The van der Waals surface area contributed by atoms with Gasteiger partial charge in [-0.05, 0) is 24.3 Å². The molecule has 1 N–H and O–H groups in total. The maximum absolute atomic E-state index is 11.9. The number of nitrogens with one attached hydrogen (secondary N) is 1. The van der Waals surface area contributed by atoms with Crippen molar-refractivity contribution in [3.8, 4) is 17.4 Å². The molecule has 0 saturated carbocycles.